The Labute approximate surface area is 166 Å². The molecule has 10 heteroatoms. The first-order valence-electron chi connectivity index (χ1n) is 7.99. The molecular weight excluding hydrogens is 398 g/mol. The third-order valence-electron chi connectivity index (χ3n) is 3.76. The average molecular weight is 413 g/mol. The summed E-state index contributed by atoms with van der Waals surface area (Å²) in [5.74, 6) is 0.101. The van der Waals surface area contributed by atoms with Crippen LogP contribution in [0.25, 0.3) is 0 Å². The zero-order chi connectivity index (χ0) is 20.3. The van der Waals surface area contributed by atoms with E-state index in [2.05, 4.69) is 20.0 Å². The van der Waals surface area contributed by atoms with E-state index in [1.54, 1.807) is 19.1 Å². The highest BCUT2D eigenvalue weighted by atomic mass is 32.2. The highest BCUT2D eigenvalue weighted by Gasteiger charge is 2.19. The molecule has 0 saturated carbocycles. The number of nitrogens with zero attached hydrogens (tertiary/aromatic N) is 3. The Morgan fingerprint density at radius 2 is 1.89 bits per heavy atom. The lowest BCUT2D eigenvalue weighted by Crippen LogP contribution is -2.14. The maximum Gasteiger partial charge on any atom is 0.260 e. The third-order valence-corrected chi connectivity index (χ3v) is 5.75. The quantitative estimate of drug-likeness (QED) is 0.658. The van der Waals surface area contributed by atoms with Crippen LogP contribution in [-0.4, -0.2) is 29.9 Å². The summed E-state index contributed by atoms with van der Waals surface area (Å²) in [5, 5.41) is 15.1. The topological polar surface area (TPSA) is 125 Å². The predicted octanol–water partition coefficient (Wildman–Crippen LogP) is 3.12. The lowest BCUT2D eigenvalue weighted by atomic mass is 10.2. The van der Waals surface area contributed by atoms with Crippen LogP contribution in [0.1, 0.15) is 21.6 Å². The molecule has 0 bridgehead atoms. The van der Waals surface area contributed by atoms with Gasteiger partial charge in [0.15, 0.2) is 9.84 Å². The van der Waals surface area contributed by atoms with E-state index < -0.39 is 9.84 Å². The van der Waals surface area contributed by atoms with Gasteiger partial charge in [0.05, 0.1) is 21.7 Å². The number of anilines is 3. The molecule has 0 atom stereocenters. The monoisotopic (exact) mass is 413 g/mol. The van der Waals surface area contributed by atoms with Gasteiger partial charge in [0.1, 0.15) is 16.9 Å². The number of carbonyl (C=O) groups is 1. The van der Waals surface area contributed by atoms with Crippen LogP contribution in [0.3, 0.4) is 0 Å². The molecule has 3 aromatic rings. The molecule has 3 rings (SSSR count). The number of pyridine rings is 1. The molecule has 0 fully saturated rings. The highest BCUT2D eigenvalue weighted by molar-refractivity contribution is 7.90. The van der Waals surface area contributed by atoms with E-state index in [1.807, 2.05) is 6.07 Å². The second-order valence-electron chi connectivity index (χ2n) is 5.89. The van der Waals surface area contributed by atoms with Crippen LogP contribution in [0.4, 0.5) is 16.5 Å². The van der Waals surface area contributed by atoms with Crippen molar-refractivity contribution in [3.05, 3.63) is 59.4 Å². The molecule has 0 saturated heterocycles. The van der Waals surface area contributed by atoms with Gasteiger partial charge in [0.2, 0.25) is 0 Å². The maximum atomic E-state index is 12.7. The van der Waals surface area contributed by atoms with E-state index in [0.717, 1.165) is 17.8 Å². The molecule has 0 radical (unpaired) electrons. The molecule has 0 unspecified atom stereocenters. The summed E-state index contributed by atoms with van der Waals surface area (Å²) in [4.78, 5) is 17.0. The van der Waals surface area contributed by atoms with E-state index in [0.29, 0.717) is 33.3 Å². The molecule has 2 heterocycles. The van der Waals surface area contributed by atoms with Crippen molar-refractivity contribution in [1.82, 2.24) is 9.36 Å². The summed E-state index contributed by atoms with van der Waals surface area (Å²) in [5.41, 5.74) is 1.81. The molecule has 28 heavy (non-hydrogen) atoms. The predicted molar refractivity (Wildman–Crippen MR) is 107 cm³/mol. The van der Waals surface area contributed by atoms with Crippen LogP contribution in [-0.2, 0) is 9.84 Å². The van der Waals surface area contributed by atoms with E-state index in [-0.39, 0.29) is 10.8 Å². The number of carbonyl (C=O) groups excluding carboxylic acids is 1. The molecule has 0 aliphatic rings. The lowest BCUT2D eigenvalue weighted by molar-refractivity contribution is 0.102. The summed E-state index contributed by atoms with van der Waals surface area (Å²) in [6.07, 6.45) is 2.55. The first kappa shape index (κ1) is 19.5. The molecule has 1 amide bonds. The Kier molecular flexibility index (Phi) is 5.39. The highest BCUT2D eigenvalue weighted by Crippen LogP contribution is 2.28. The first-order chi connectivity index (χ1) is 13.3. The van der Waals surface area contributed by atoms with Crippen molar-refractivity contribution in [1.29, 1.82) is 5.26 Å². The fourth-order valence-electron chi connectivity index (χ4n) is 2.35. The Morgan fingerprint density at radius 1 is 1.18 bits per heavy atom. The Morgan fingerprint density at radius 3 is 2.46 bits per heavy atom. The van der Waals surface area contributed by atoms with Crippen LogP contribution in [0.5, 0.6) is 0 Å². The number of nitrogens with one attached hydrogen (secondary N) is 2. The van der Waals surface area contributed by atoms with Gasteiger partial charge in [-0.1, -0.05) is 0 Å². The fourth-order valence-corrected chi connectivity index (χ4v) is 3.78. The van der Waals surface area contributed by atoms with E-state index in [9.17, 15) is 13.2 Å². The van der Waals surface area contributed by atoms with Crippen molar-refractivity contribution in [2.24, 2.45) is 0 Å². The van der Waals surface area contributed by atoms with Crippen molar-refractivity contribution < 1.29 is 13.2 Å². The normalized spacial score (nSPS) is 10.9. The number of aromatic nitrogens is 2. The number of nitriles is 1. The van der Waals surface area contributed by atoms with Gasteiger partial charge in [-0.2, -0.15) is 9.64 Å². The zero-order valence-electron chi connectivity index (χ0n) is 14.9. The molecule has 0 spiro atoms. The molecule has 1 aromatic carbocycles. The minimum Gasteiger partial charge on any atom is -0.330 e. The van der Waals surface area contributed by atoms with E-state index in [4.69, 9.17) is 5.26 Å². The van der Waals surface area contributed by atoms with Gasteiger partial charge >= 0.3 is 0 Å². The maximum absolute atomic E-state index is 12.7. The summed E-state index contributed by atoms with van der Waals surface area (Å²) in [6.45, 7) is 1.72. The van der Waals surface area contributed by atoms with Crippen molar-refractivity contribution in [3.63, 3.8) is 0 Å². The molecule has 8 nitrogen and oxygen atoms in total. The molecule has 0 aliphatic carbocycles. The van der Waals surface area contributed by atoms with Crippen LogP contribution < -0.4 is 10.6 Å². The Hall–Kier alpha value is -3.29. The van der Waals surface area contributed by atoms with Crippen LogP contribution in [0.15, 0.2) is 47.5 Å². The SMILES string of the molecule is Cc1nsc(Nc2ccc(C#N)cn2)c1C(=O)Nc1ccc(S(C)(=O)=O)cc1. The van der Waals surface area contributed by atoms with Crippen molar-refractivity contribution >= 4 is 43.8 Å². The molecule has 2 aromatic heterocycles. The molecule has 142 valence electrons. The second-order valence-corrected chi connectivity index (χ2v) is 8.68. The molecular formula is C18H15N5O3S2. The zero-order valence-corrected chi connectivity index (χ0v) is 16.6. The minimum absolute atomic E-state index is 0.174. The van der Waals surface area contributed by atoms with Crippen molar-refractivity contribution in [2.45, 2.75) is 11.8 Å². The van der Waals surface area contributed by atoms with Crippen LogP contribution in [0.2, 0.25) is 0 Å². The van der Waals surface area contributed by atoms with Crippen LogP contribution >= 0.6 is 11.5 Å². The Bertz CT molecular complexity index is 1160. The number of sulfone groups is 1. The molecule has 2 N–H and O–H groups in total. The largest absolute Gasteiger partial charge is 0.330 e. The number of hydrogen-bond donors (Lipinski definition) is 2. The summed E-state index contributed by atoms with van der Waals surface area (Å²) in [6, 6.07) is 11.2. The minimum atomic E-state index is -3.30. The number of rotatable bonds is 5. The van der Waals surface area contributed by atoms with Crippen LogP contribution in [0, 0.1) is 18.3 Å². The standard InChI is InChI=1S/C18H15N5O3S2/c1-11-16(17(24)21-13-4-6-14(7-5-13)28(2,25)26)18(27-23-11)22-15-8-3-12(9-19)10-20-15/h3-8,10H,1-2H3,(H,20,22)(H,21,24). The first-order valence-corrected chi connectivity index (χ1v) is 10.7. The summed E-state index contributed by atoms with van der Waals surface area (Å²) < 4.78 is 27.3. The fraction of sp³-hybridized carbons (Fsp3) is 0.111. The summed E-state index contributed by atoms with van der Waals surface area (Å²) >= 11 is 1.12. The number of amides is 1. The summed E-state index contributed by atoms with van der Waals surface area (Å²) in [7, 11) is -3.30. The van der Waals surface area contributed by atoms with E-state index in [1.165, 1.54) is 30.5 Å². The van der Waals surface area contributed by atoms with Crippen molar-refractivity contribution in [3.8, 4) is 6.07 Å². The molecule has 0 aliphatic heterocycles. The smallest absolute Gasteiger partial charge is 0.260 e. The third kappa shape index (κ3) is 4.33. The van der Waals surface area contributed by atoms with Gasteiger partial charge in [-0.15, -0.1) is 0 Å². The van der Waals surface area contributed by atoms with Gasteiger partial charge in [0, 0.05) is 18.1 Å². The number of hydrogen-bond acceptors (Lipinski definition) is 8. The van der Waals surface area contributed by atoms with Gasteiger partial charge in [0.25, 0.3) is 5.91 Å². The van der Waals surface area contributed by atoms with Gasteiger partial charge in [-0.3, -0.25) is 4.79 Å². The average Bonchev–Trinajstić information content (AvgIpc) is 3.02. The van der Waals surface area contributed by atoms with E-state index >= 15 is 0 Å². The second kappa shape index (κ2) is 7.75. The van der Waals surface area contributed by atoms with Crippen molar-refractivity contribution in [2.75, 3.05) is 16.9 Å². The lowest BCUT2D eigenvalue weighted by Gasteiger charge is -2.09. The van der Waals surface area contributed by atoms with Gasteiger partial charge in [-0.25, -0.2) is 13.4 Å². The number of aryl methyl sites for hydroxylation is 1. The van der Waals surface area contributed by atoms with Gasteiger partial charge in [-0.05, 0) is 54.9 Å². The Balaban J connectivity index is 1.80. The van der Waals surface area contributed by atoms with Gasteiger partial charge < -0.3 is 10.6 Å². The number of benzene rings is 1.